The van der Waals surface area contributed by atoms with E-state index in [0.717, 1.165) is 5.56 Å². The minimum atomic E-state index is -0.795. The molecule has 2 N–H and O–H groups in total. The number of fused-ring (bicyclic) bond motifs is 1. The Bertz CT molecular complexity index is 531. The van der Waals surface area contributed by atoms with E-state index in [9.17, 15) is 9.90 Å². The Morgan fingerprint density at radius 3 is 2.52 bits per heavy atom. The third kappa shape index (κ3) is 3.05. The average molecular weight is 294 g/mol. The van der Waals surface area contributed by atoms with E-state index in [1.807, 2.05) is 13.8 Å². The van der Waals surface area contributed by atoms with Gasteiger partial charge in [-0.3, -0.25) is 0 Å². The van der Waals surface area contributed by atoms with Gasteiger partial charge in [-0.1, -0.05) is 0 Å². The number of hydrogen-bond donors (Lipinski definition) is 2. The summed E-state index contributed by atoms with van der Waals surface area (Å²) in [5.74, 6) is 1.26. The summed E-state index contributed by atoms with van der Waals surface area (Å²) in [5.41, 5.74) is 1.49. The zero-order valence-corrected chi connectivity index (χ0v) is 12.8. The molecule has 21 heavy (non-hydrogen) atoms. The molecule has 6 nitrogen and oxygen atoms in total. The standard InChI is InChI=1S/C15H22N2O4/c1-9(2)16-15(19)17-7-10-12(20-3)5-6-13(21-4)14(10)11(18)8-17/h5-6,9,11,18H,7-8H2,1-4H3,(H,16,19). The van der Waals surface area contributed by atoms with Gasteiger partial charge in [0.05, 0.1) is 27.3 Å². The molecule has 1 unspecified atom stereocenters. The van der Waals surface area contributed by atoms with Crippen LogP contribution in [0, 0.1) is 0 Å². The number of hydrogen-bond acceptors (Lipinski definition) is 4. The minimum absolute atomic E-state index is 0.0447. The van der Waals surface area contributed by atoms with Gasteiger partial charge in [0.15, 0.2) is 0 Å². The number of nitrogens with zero attached hydrogens (tertiary/aromatic N) is 1. The molecule has 6 heteroatoms. The number of aliphatic hydroxyl groups is 1. The van der Waals surface area contributed by atoms with Crippen LogP contribution in [0.15, 0.2) is 12.1 Å². The maximum atomic E-state index is 12.1. The van der Waals surface area contributed by atoms with Gasteiger partial charge in [-0.05, 0) is 26.0 Å². The Balaban J connectivity index is 2.36. The first-order valence-electron chi connectivity index (χ1n) is 6.95. The first-order chi connectivity index (χ1) is 9.97. The Morgan fingerprint density at radius 2 is 1.95 bits per heavy atom. The molecule has 1 heterocycles. The van der Waals surface area contributed by atoms with Crippen molar-refractivity contribution < 1.29 is 19.4 Å². The highest BCUT2D eigenvalue weighted by molar-refractivity contribution is 5.75. The molecule has 0 spiro atoms. The van der Waals surface area contributed by atoms with E-state index < -0.39 is 6.10 Å². The lowest BCUT2D eigenvalue weighted by Gasteiger charge is -2.34. The predicted molar refractivity (Wildman–Crippen MR) is 78.6 cm³/mol. The van der Waals surface area contributed by atoms with Gasteiger partial charge in [0.2, 0.25) is 0 Å². The van der Waals surface area contributed by atoms with Crippen molar-refractivity contribution in [3.63, 3.8) is 0 Å². The number of urea groups is 1. The highest BCUT2D eigenvalue weighted by atomic mass is 16.5. The summed E-state index contributed by atoms with van der Waals surface area (Å²) in [6.45, 7) is 4.41. The molecule has 0 bridgehead atoms. The van der Waals surface area contributed by atoms with Crippen LogP contribution >= 0.6 is 0 Å². The number of methoxy groups -OCH3 is 2. The lowest BCUT2D eigenvalue weighted by molar-refractivity contribution is 0.0998. The van der Waals surface area contributed by atoms with E-state index in [1.54, 1.807) is 31.3 Å². The van der Waals surface area contributed by atoms with Crippen LogP contribution in [-0.2, 0) is 6.54 Å². The molecule has 0 saturated carbocycles. The molecule has 2 rings (SSSR count). The van der Waals surface area contributed by atoms with Gasteiger partial charge in [-0.15, -0.1) is 0 Å². The molecular weight excluding hydrogens is 272 g/mol. The fraction of sp³-hybridized carbons (Fsp3) is 0.533. The molecule has 0 aromatic heterocycles. The maximum absolute atomic E-state index is 12.1. The summed E-state index contributed by atoms with van der Waals surface area (Å²) in [6, 6.07) is 3.40. The number of rotatable bonds is 3. The van der Waals surface area contributed by atoms with Crippen LogP contribution in [0.5, 0.6) is 11.5 Å². The number of carbonyl (C=O) groups is 1. The average Bonchev–Trinajstić information content (AvgIpc) is 2.45. The Hall–Kier alpha value is -1.95. The number of nitrogens with one attached hydrogen (secondary N) is 1. The summed E-state index contributed by atoms with van der Waals surface area (Å²) >= 11 is 0. The molecular formula is C15H22N2O4. The monoisotopic (exact) mass is 294 g/mol. The first-order valence-corrected chi connectivity index (χ1v) is 6.95. The molecule has 1 aliphatic heterocycles. The van der Waals surface area contributed by atoms with Crippen LogP contribution in [0.1, 0.15) is 31.1 Å². The molecule has 116 valence electrons. The van der Waals surface area contributed by atoms with Gasteiger partial charge in [-0.2, -0.15) is 0 Å². The highest BCUT2D eigenvalue weighted by Gasteiger charge is 2.31. The normalized spacial score (nSPS) is 17.4. The van der Waals surface area contributed by atoms with Crippen LogP contribution in [0.2, 0.25) is 0 Å². The van der Waals surface area contributed by atoms with Gasteiger partial charge in [0.1, 0.15) is 17.6 Å². The molecule has 0 aliphatic carbocycles. The quantitative estimate of drug-likeness (QED) is 0.889. The van der Waals surface area contributed by atoms with Crippen molar-refractivity contribution in [3.8, 4) is 11.5 Å². The van der Waals surface area contributed by atoms with Crippen LogP contribution in [-0.4, -0.2) is 42.8 Å². The largest absolute Gasteiger partial charge is 0.496 e. The number of benzene rings is 1. The fourth-order valence-corrected chi connectivity index (χ4v) is 2.57. The van der Waals surface area contributed by atoms with E-state index in [-0.39, 0.29) is 18.6 Å². The van der Waals surface area contributed by atoms with Gasteiger partial charge in [0, 0.05) is 17.2 Å². The molecule has 0 saturated heterocycles. The third-order valence-electron chi connectivity index (χ3n) is 3.49. The van der Waals surface area contributed by atoms with Gasteiger partial charge < -0.3 is 24.8 Å². The minimum Gasteiger partial charge on any atom is -0.496 e. The molecule has 1 aliphatic rings. The van der Waals surface area contributed by atoms with E-state index in [1.165, 1.54) is 0 Å². The topological polar surface area (TPSA) is 71.0 Å². The van der Waals surface area contributed by atoms with Crippen LogP contribution < -0.4 is 14.8 Å². The van der Waals surface area contributed by atoms with E-state index in [2.05, 4.69) is 5.32 Å². The summed E-state index contributed by atoms with van der Waals surface area (Å²) < 4.78 is 10.7. The second-order valence-corrected chi connectivity index (χ2v) is 5.36. The molecule has 0 fully saturated rings. The zero-order valence-electron chi connectivity index (χ0n) is 12.8. The van der Waals surface area contributed by atoms with Gasteiger partial charge in [0.25, 0.3) is 0 Å². The summed E-state index contributed by atoms with van der Waals surface area (Å²) in [4.78, 5) is 13.7. The van der Waals surface area contributed by atoms with Crippen molar-refractivity contribution in [1.82, 2.24) is 10.2 Å². The van der Waals surface area contributed by atoms with E-state index >= 15 is 0 Å². The molecule has 1 aromatic carbocycles. The number of amides is 2. The lowest BCUT2D eigenvalue weighted by Crippen LogP contribution is -2.46. The number of carbonyl (C=O) groups excluding carboxylic acids is 1. The SMILES string of the molecule is COc1ccc(OC)c2c1CN(C(=O)NC(C)C)CC2O. The third-order valence-corrected chi connectivity index (χ3v) is 3.49. The molecule has 0 radical (unpaired) electrons. The summed E-state index contributed by atoms with van der Waals surface area (Å²) in [6.07, 6.45) is -0.795. The zero-order chi connectivity index (χ0) is 15.6. The van der Waals surface area contributed by atoms with Crippen molar-refractivity contribution in [3.05, 3.63) is 23.3 Å². The van der Waals surface area contributed by atoms with E-state index in [0.29, 0.717) is 23.6 Å². The van der Waals surface area contributed by atoms with Gasteiger partial charge >= 0.3 is 6.03 Å². The fourth-order valence-electron chi connectivity index (χ4n) is 2.57. The smallest absolute Gasteiger partial charge is 0.318 e. The van der Waals surface area contributed by atoms with Crippen molar-refractivity contribution in [1.29, 1.82) is 0 Å². The van der Waals surface area contributed by atoms with Crippen molar-refractivity contribution in [2.45, 2.75) is 32.5 Å². The number of β-amino-alcohol motifs (C(OH)–C–C–N with tert-alkyl or cyclic N) is 1. The highest BCUT2D eigenvalue weighted by Crippen LogP contribution is 2.39. The van der Waals surface area contributed by atoms with Crippen molar-refractivity contribution >= 4 is 6.03 Å². The molecule has 1 atom stereocenters. The first kappa shape index (κ1) is 15.4. The van der Waals surface area contributed by atoms with Crippen LogP contribution in [0.4, 0.5) is 4.79 Å². The Kier molecular flexibility index (Phi) is 4.57. The van der Waals surface area contributed by atoms with E-state index in [4.69, 9.17) is 9.47 Å². The number of ether oxygens (including phenoxy) is 2. The second kappa shape index (κ2) is 6.22. The summed E-state index contributed by atoms with van der Waals surface area (Å²) in [7, 11) is 3.13. The Morgan fingerprint density at radius 1 is 1.33 bits per heavy atom. The second-order valence-electron chi connectivity index (χ2n) is 5.36. The van der Waals surface area contributed by atoms with Crippen molar-refractivity contribution in [2.75, 3.05) is 20.8 Å². The molecule has 1 aromatic rings. The molecule has 2 amide bonds. The number of aliphatic hydroxyl groups excluding tert-OH is 1. The Labute approximate surface area is 124 Å². The van der Waals surface area contributed by atoms with Crippen LogP contribution in [0.3, 0.4) is 0 Å². The lowest BCUT2D eigenvalue weighted by atomic mass is 9.95. The predicted octanol–water partition coefficient (Wildman–Crippen LogP) is 1.67. The van der Waals surface area contributed by atoms with Crippen LogP contribution in [0.25, 0.3) is 0 Å². The maximum Gasteiger partial charge on any atom is 0.318 e. The van der Waals surface area contributed by atoms with Gasteiger partial charge in [-0.25, -0.2) is 4.79 Å². The van der Waals surface area contributed by atoms with Crippen molar-refractivity contribution in [2.24, 2.45) is 0 Å². The summed E-state index contributed by atoms with van der Waals surface area (Å²) in [5, 5.41) is 13.2.